The molecule has 2 bridgehead atoms. The Morgan fingerprint density at radius 1 is 1.33 bits per heavy atom. The zero-order valence-corrected chi connectivity index (χ0v) is 10.6. The molecule has 2 unspecified atom stereocenters. The first kappa shape index (κ1) is 11.0. The van der Waals surface area contributed by atoms with Gasteiger partial charge in [0.15, 0.2) is 0 Å². The normalized spacial score (nSPS) is 34.8. The monoisotopic (exact) mass is 204 g/mol. The third kappa shape index (κ3) is 1.91. The highest BCUT2D eigenvalue weighted by Crippen LogP contribution is 2.58. The molecule has 84 valence electrons. The predicted molar refractivity (Wildman–Crippen MR) is 66.7 cm³/mol. The van der Waals surface area contributed by atoms with Crippen molar-refractivity contribution < 1.29 is 0 Å². The van der Waals surface area contributed by atoms with Gasteiger partial charge in [0.2, 0.25) is 0 Å². The number of fused-ring (bicyclic) bond motifs is 2. The first-order valence-corrected chi connectivity index (χ1v) is 6.35. The van der Waals surface area contributed by atoms with E-state index in [1.54, 1.807) is 5.57 Å². The van der Waals surface area contributed by atoms with Crippen molar-refractivity contribution in [3.63, 3.8) is 0 Å². The Morgan fingerprint density at radius 2 is 2.07 bits per heavy atom. The van der Waals surface area contributed by atoms with E-state index in [-0.39, 0.29) is 0 Å². The molecule has 0 aliphatic heterocycles. The van der Waals surface area contributed by atoms with E-state index in [1.807, 2.05) is 0 Å². The average Bonchev–Trinajstić information content (AvgIpc) is 2.66. The zero-order chi connectivity index (χ0) is 11.1. The average molecular weight is 204 g/mol. The second-order valence-corrected chi connectivity index (χ2v) is 6.11. The Morgan fingerprint density at radius 3 is 2.60 bits per heavy atom. The van der Waals surface area contributed by atoms with E-state index in [4.69, 9.17) is 0 Å². The SMILES string of the molecule is CC(C)=CC/C=C1\C2CCC(C2)C1(C)C. The maximum atomic E-state index is 2.51. The lowest BCUT2D eigenvalue weighted by Crippen LogP contribution is -2.22. The summed E-state index contributed by atoms with van der Waals surface area (Å²) in [6.07, 6.45) is 10.4. The molecule has 0 radical (unpaired) electrons. The van der Waals surface area contributed by atoms with E-state index in [9.17, 15) is 0 Å². The number of hydrogen-bond donors (Lipinski definition) is 0. The van der Waals surface area contributed by atoms with Crippen LogP contribution in [0.25, 0.3) is 0 Å². The summed E-state index contributed by atoms with van der Waals surface area (Å²) in [5, 5.41) is 0. The summed E-state index contributed by atoms with van der Waals surface area (Å²) in [4.78, 5) is 0. The van der Waals surface area contributed by atoms with Crippen molar-refractivity contribution in [2.75, 3.05) is 0 Å². The first-order valence-electron chi connectivity index (χ1n) is 6.35. The fraction of sp³-hybridized carbons (Fsp3) is 0.733. The molecular weight excluding hydrogens is 180 g/mol. The van der Waals surface area contributed by atoms with Crippen molar-refractivity contribution in [2.45, 2.75) is 53.4 Å². The van der Waals surface area contributed by atoms with Gasteiger partial charge >= 0.3 is 0 Å². The van der Waals surface area contributed by atoms with Crippen LogP contribution < -0.4 is 0 Å². The van der Waals surface area contributed by atoms with Crippen LogP contribution in [0.15, 0.2) is 23.3 Å². The number of allylic oxidation sites excluding steroid dienone is 4. The molecule has 2 saturated carbocycles. The van der Waals surface area contributed by atoms with Crippen molar-refractivity contribution in [1.29, 1.82) is 0 Å². The molecule has 0 heterocycles. The Kier molecular flexibility index (Phi) is 2.79. The van der Waals surface area contributed by atoms with Gasteiger partial charge < -0.3 is 0 Å². The minimum absolute atomic E-state index is 0.498. The summed E-state index contributed by atoms with van der Waals surface area (Å²) in [5.41, 5.74) is 3.70. The van der Waals surface area contributed by atoms with Gasteiger partial charge in [0.25, 0.3) is 0 Å². The lowest BCUT2D eigenvalue weighted by molar-refractivity contribution is 0.287. The minimum Gasteiger partial charge on any atom is -0.0821 e. The quantitative estimate of drug-likeness (QED) is 0.571. The van der Waals surface area contributed by atoms with Gasteiger partial charge in [-0.1, -0.05) is 37.1 Å². The summed E-state index contributed by atoms with van der Waals surface area (Å²) >= 11 is 0. The van der Waals surface area contributed by atoms with Crippen LogP contribution in [-0.4, -0.2) is 0 Å². The molecule has 2 aliphatic rings. The summed E-state index contributed by atoms with van der Waals surface area (Å²) in [6, 6.07) is 0. The van der Waals surface area contributed by atoms with Crippen LogP contribution >= 0.6 is 0 Å². The highest BCUT2D eigenvalue weighted by Gasteiger charge is 2.48. The maximum Gasteiger partial charge on any atom is -0.0113 e. The van der Waals surface area contributed by atoms with E-state index in [1.165, 1.54) is 24.8 Å². The van der Waals surface area contributed by atoms with Crippen LogP contribution in [0.2, 0.25) is 0 Å². The van der Waals surface area contributed by atoms with Crippen LogP contribution in [0.5, 0.6) is 0 Å². The van der Waals surface area contributed by atoms with E-state index >= 15 is 0 Å². The van der Waals surface area contributed by atoms with Crippen LogP contribution in [0.1, 0.15) is 53.4 Å². The molecule has 0 nitrogen and oxygen atoms in total. The second kappa shape index (κ2) is 3.81. The molecule has 15 heavy (non-hydrogen) atoms. The number of rotatable bonds is 2. The summed E-state index contributed by atoms with van der Waals surface area (Å²) in [6.45, 7) is 9.27. The topological polar surface area (TPSA) is 0 Å². The van der Waals surface area contributed by atoms with Crippen LogP contribution in [0.3, 0.4) is 0 Å². The fourth-order valence-electron chi connectivity index (χ4n) is 3.53. The van der Waals surface area contributed by atoms with Gasteiger partial charge in [-0.25, -0.2) is 0 Å². The minimum atomic E-state index is 0.498. The molecule has 0 saturated heterocycles. The first-order chi connectivity index (χ1) is 7.01. The van der Waals surface area contributed by atoms with Gasteiger partial charge in [-0.3, -0.25) is 0 Å². The Labute approximate surface area is 94.5 Å². The van der Waals surface area contributed by atoms with E-state index in [0.29, 0.717) is 5.41 Å². The molecule has 2 rings (SSSR count). The van der Waals surface area contributed by atoms with Crippen molar-refractivity contribution in [3.05, 3.63) is 23.3 Å². The molecule has 0 aromatic carbocycles. The summed E-state index contributed by atoms with van der Waals surface area (Å²) in [7, 11) is 0. The lowest BCUT2D eigenvalue weighted by atomic mass is 9.72. The summed E-state index contributed by atoms with van der Waals surface area (Å²) in [5.74, 6) is 1.90. The molecule has 2 fully saturated rings. The molecule has 0 aromatic heterocycles. The highest BCUT2D eigenvalue weighted by atomic mass is 14.5. The molecule has 2 aliphatic carbocycles. The molecule has 0 N–H and O–H groups in total. The molecule has 0 spiro atoms. The van der Waals surface area contributed by atoms with Gasteiger partial charge in [-0.2, -0.15) is 0 Å². The largest absolute Gasteiger partial charge is 0.0821 e. The molecule has 0 aromatic rings. The Hall–Kier alpha value is -0.520. The van der Waals surface area contributed by atoms with Crippen LogP contribution in [0, 0.1) is 17.3 Å². The third-order valence-electron chi connectivity index (χ3n) is 4.50. The second-order valence-electron chi connectivity index (χ2n) is 6.11. The summed E-state index contributed by atoms with van der Waals surface area (Å²) < 4.78 is 0. The lowest BCUT2D eigenvalue weighted by Gasteiger charge is -2.32. The van der Waals surface area contributed by atoms with Crippen LogP contribution in [-0.2, 0) is 0 Å². The van der Waals surface area contributed by atoms with Crippen molar-refractivity contribution in [1.82, 2.24) is 0 Å². The van der Waals surface area contributed by atoms with Gasteiger partial charge in [-0.05, 0) is 56.8 Å². The van der Waals surface area contributed by atoms with Crippen LogP contribution in [0.4, 0.5) is 0 Å². The zero-order valence-electron chi connectivity index (χ0n) is 10.6. The predicted octanol–water partition coefficient (Wildman–Crippen LogP) is 4.73. The standard InChI is InChI=1S/C15H24/c1-11(2)6-5-7-14-12-8-9-13(10-12)15(14,3)4/h6-7,12-13H,5,8-10H2,1-4H3/b14-7+. The molecular formula is C15H24. The molecule has 0 amide bonds. The van der Waals surface area contributed by atoms with Crippen molar-refractivity contribution in [3.8, 4) is 0 Å². The Bertz CT molecular complexity index is 300. The smallest absolute Gasteiger partial charge is 0.0113 e. The highest BCUT2D eigenvalue weighted by molar-refractivity contribution is 5.26. The molecule has 2 atom stereocenters. The fourth-order valence-corrected chi connectivity index (χ4v) is 3.53. The maximum absolute atomic E-state index is 2.51. The van der Waals surface area contributed by atoms with E-state index < -0.39 is 0 Å². The van der Waals surface area contributed by atoms with Gasteiger partial charge in [0, 0.05) is 0 Å². The van der Waals surface area contributed by atoms with Crippen molar-refractivity contribution >= 4 is 0 Å². The van der Waals surface area contributed by atoms with Gasteiger partial charge in [0.05, 0.1) is 0 Å². The van der Waals surface area contributed by atoms with Gasteiger partial charge in [0.1, 0.15) is 0 Å². The third-order valence-corrected chi connectivity index (χ3v) is 4.50. The van der Waals surface area contributed by atoms with Gasteiger partial charge in [-0.15, -0.1) is 0 Å². The number of hydrogen-bond acceptors (Lipinski definition) is 0. The molecule has 0 heteroatoms. The van der Waals surface area contributed by atoms with Crippen molar-refractivity contribution in [2.24, 2.45) is 17.3 Å². The Balaban J connectivity index is 2.12. The van der Waals surface area contributed by atoms with E-state index in [2.05, 4.69) is 39.8 Å². The van der Waals surface area contributed by atoms with E-state index in [0.717, 1.165) is 18.3 Å².